The van der Waals surface area contributed by atoms with Gasteiger partial charge in [-0.25, -0.2) is 0 Å². The van der Waals surface area contributed by atoms with Gasteiger partial charge in [-0.1, -0.05) is 48.5 Å². The van der Waals surface area contributed by atoms with Gasteiger partial charge in [-0.15, -0.1) is 0 Å². The molecule has 2 N–H and O–H groups in total. The van der Waals surface area contributed by atoms with Gasteiger partial charge in [0.2, 0.25) is 11.8 Å². The van der Waals surface area contributed by atoms with Crippen LogP contribution in [0.2, 0.25) is 0 Å². The van der Waals surface area contributed by atoms with E-state index in [9.17, 15) is 9.59 Å². The molecule has 1 atom stereocenters. The van der Waals surface area contributed by atoms with Crippen molar-refractivity contribution in [3.05, 3.63) is 66.2 Å². The average molecular weight is 339 g/mol. The first kappa shape index (κ1) is 18.5. The molecule has 0 heterocycles. The Kier molecular flexibility index (Phi) is 7.01. The molecular weight excluding hydrogens is 314 g/mol. The van der Waals surface area contributed by atoms with Crippen LogP contribution in [-0.2, 0) is 9.59 Å². The number of nitrogens with zero attached hydrogens (tertiary/aromatic N) is 1. The van der Waals surface area contributed by atoms with Crippen molar-refractivity contribution < 1.29 is 9.59 Å². The SMILES string of the molecule is CC(=O)NC(CC(=O)NCCN(C)c1ccccc1)c1ccccc1. The van der Waals surface area contributed by atoms with Crippen molar-refractivity contribution in [2.24, 2.45) is 0 Å². The van der Waals surface area contributed by atoms with Crippen molar-refractivity contribution in [1.82, 2.24) is 10.6 Å². The Morgan fingerprint density at radius 2 is 1.60 bits per heavy atom. The molecule has 2 rings (SSSR count). The number of hydrogen-bond donors (Lipinski definition) is 2. The molecule has 0 aliphatic rings. The number of carbonyl (C=O) groups is 2. The van der Waals surface area contributed by atoms with Crippen LogP contribution in [0.4, 0.5) is 5.69 Å². The Labute approximate surface area is 149 Å². The molecule has 25 heavy (non-hydrogen) atoms. The normalized spacial score (nSPS) is 11.4. The number of rotatable bonds is 8. The maximum absolute atomic E-state index is 12.2. The third-order valence-electron chi connectivity index (χ3n) is 3.94. The van der Waals surface area contributed by atoms with Gasteiger partial charge in [-0.2, -0.15) is 0 Å². The Hall–Kier alpha value is -2.82. The summed E-state index contributed by atoms with van der Waals surface area (Å²) in [5.41, 5.74) is 2.03. The standard InChI is InChI=1S/C20H25N3O2/c1-16(24)22-19(17-9-5-3-6-10-17)15-20(25)21-13-14-23(2)18-11-7-4-8-12-18/h3-12,19H,13-15H2,1-2H3,(H,21,25)(H,22,24). The summed E-state index contributed by atoms with van der Waals surface area (Å²) in [5, 5.41) is 5.77. The van der Waals surface area contributed by atoms with E-state index in [-0.39, 0.29) is 24.3 Å². The van der Waals surface area contributed by atoms with Gasteiger partial charge in [0, 0.05) is 32.7 Å². The maximum Gasteiger partial charge on any atom is 0.222 e. The topological polar surface area (TPSA) is 61.4 Å². The van der Waals surface area contributed by atoms with Crippen LogP contribution in [0.3, 0.4) is 0 Å². The fourth-order valence-electron chi connectivity index (χ4n) is 2.62. The minimum Gasteiger partial charge on any atom is -0.373 e. The zero-order chi connectivity index (χ0) is 18.1. The van der Waals surface area contributed by atoms with Crippen molar-refractivity contribution in [1.29, 1.82) is 0 Å². The lowest BCUT2D eigenvalue weighted by molar-refractivity contribution is -0.122. The Bertz CT molecular complexity index is 674. The first-order valence-electron chi connectivity index (χ1n) is 8.41. The van der Waals surface area contributed by atoms with Gasteiger partial charge in [-0.3, -0.25) is 9.59 Å². The molecule has 0 radical (unpaired) electrons. The number of likely N-dealkylation sites (N-methyl/N-ethyl adjacent to an activating group) is 1. The van der Waals surface area contributed by atoms with Crippen LogP contribution in [-0.4, -0.2) is 32.0 Å². The first-order valence-corrected chi connectivity index (χ1v) is 8.41. The highest BCUT2D eigenvalue weighted by Gasteiger charge is 2.16. The van der Waals surface area contributed by atoms with E-state index in [2.05, 4.69) is 15.5 Å². The van der Waals surface area contributed by atoms with Gasteiger partial charge < -0.3 is 15.5 Å². The zero-order valence-electron chi connectivity index (χ0n) is 14.7. The molecule has 0 aromatic heterocycles. The Balaban J connectivity index is 1.83. The van der Waals surface area contributed by atoms with Crippen molar-refractivity contribution in [3.63, 3.8) is 0 Å². The van der Waals surface area contributed by atoms with Gasteiger partial charge in [0.15, 0.2) is 0 Å². The Morgan fingerprint density at radius 1 is 1.00 bits per heavy atom. The predicted octanol–water partition coefficient (Wildman–Crippen LogP) is 2.51. The molecular formula is C20H25N3O2. The molecule has 0 saturated carbocycles. The van der Waals surface area contributed by atoms with E-state index >= 15 is 0 Å². The summed E-state index contributed by atoms with van der Waals surface area (Å²) in [4.78, 5) is 25.8. The van der Waals surface area contributed by atoms with E-state index in [1.165, 1.54) is 6.92 Å². The first-order chi connectivity index (χ1) is 12.1. The molecule has 0 bridgehead atoms. The fourth-order valence-corrected chi connectivity index (χ4v) is 2.62. The van der Waals surface area contributed by atoms with Crippen LogP contribution < -0.4 is 15.5 Å². The largest absolute Gasteiger partial charge is 0.373 e. The van der Waals surface area contributed by atoms with Gasteiger partial charge >= 0.3 is 0 Å². The summed E-state index contributed by atoms with van der Waals surface area (Å²) in [6.45, 7) is 2.72. The molecule has 0 aliphatic carbocycles. The summed E-state index contributed by atoms with van der Waals surface area (Å²) in [5.74, 6) is -0.227. The van der Waals surface area contributed by atoms with Crippen molar-refractivity contribution in [3.8, 4) is 0 Å². The van der Waals surface area contributed by atoms with Gasteiger partial charge in [0.25, 0.3) is 0 Å². The zero-order valence-corrected chi connectivity index (χ0v) is 14.7. The van der Waals surface area contributed by atoms with Crippen LogP contribution >= 0.6 is 0 Å². The van der Waals surface area contributed by atoms with E-state index in [4.69, 9.17) is 0 Å². The summed E-state index contributed by atoms with van der Waals surface area (Å²) >= 11 is 0. The maximum atomic E-state index is 12.2. The highest BCUT2D eigenvalue weighted by molar-refractivity contribution is 5.79. The highest BCUT2D eigenvalue weighted by Crippen LogP contribution is 2.16. The van der Waals surface area contributed by atoms with Gasteiger partial charge in [-0.05, 0) is 17.7 Å². The van der Waals surface area contributed by atoms with E-state index in [1.807, 2.05) is 67.7 Å². The van der Waals surface area contributed by atoms with Crippen LogP contribution in [0.25, 0.3) is 0 Å². The molecule has 2 amide bonds. The lowest BCUT2D eigenvalue weighted by Crippen LogP contribution is -2.36. The van der Waals surface area contributed by atoms with E-state index in [0.29, 0.717) is 13.1 Å². The number of anilines is 1. The highest BCUT2D eigenvalue weighted by atomic mass is 16.2. The Morgan fingerprint density at radius 3 is 2.20 bits per heavy atom. The number of nitrogens with one attached hydrogen (secondary N) is 2. The predicted molar refractivity (Wildman–Crippen MR) is 100 cm³/mol. The fraction of sp³-hybridized carbons (Fsp3) is 0.300. The number of carbonyl (C=O) groups excluding carboxylic acids is 2. The minimum atomic E-state index is -0.314. The van der Waals surface area contributed by atoms with Crippen LogP contribution in [0.1, 0.15) is 24.9 Å². The van der Waals surface area contributed by atoms with E-state index < -0.39 is 0 Å². The molecule has 0 aliphatic heterocycles. The second-order valence-electron chi connectivity index (χ2n) is 5.97. The molecule has 5 nitrogen and oxygen atoms in total. The van der Waals surface area contributed by atoms with E-state index in [0.717, 1.165) is 11.3 Å². The molecule has 0 fully saturated rings. The average Bonchev–Trinajstić information content (AvgIpc) is 2.62. The summed E-state index contributed by atoms with van der Waals surface area (Å²) in [6.07, 6.45) is 0.221. The van der Waals surface area contributed by atoms with Gasteiger partial charge in [0.1, 0.15) is 0 Å². The lowest BCUT2D eigenvalue weighted by Gasteiger charge is -2.21. The molecule has 132 valence electrons. The van der Waals surface area contributed by atoms with Crippen LogP contribution in [0, 0.1) is 0 Å². The third-order valence-corrected chi connectivity index (χ3v) is 3.94. The molecule has 5 heteroatoms. The molecule has 0 spiro atoms. The van der Waals surface area contributed by atoms with Crippen molar-refractivity contribution >= 4 is 17.5 Å². The lowest BCUT2D eigenvalue weighted by atomic mass is 10.0. The smallest absolute Gasteiger partial charge is 0.222 e. The number of amides is 2. The monoisotopic (exact) mass is 339 g/mol. The number of benzene rings is 2. The summed E-state index contributed by atoms with van der Waals surface area (Å²) < 4.78 is 0. The van der Waals surface area contributed by atoms with Crippen molar-refractivity contribution in [2.75, 3.05) is 25.0 Å². The van der Waals surface area contributed by atoms with Gasteiger partial charge in [0.05, 0.1) is 12.5 Å². The molecule has 0 saturated heterocycles. The summed E-state index contributed by atoms with van der Waals surface area (Å²) in [6, 6.07) is 19.2. The second-order valence-corrected chi connectivity index (χ2v) is 5.97. The number of para-hydroxylation sites is 1. The molecule has 2 aromatic rings. The minimum absolute atomic E-state index is 0.0796. The molecule has 2 aromatic carbocycles. The second kappa shape index (κ2) is 9.47. The number of hydrogen-bond acceptors (Lipinski definition) is 3. The molecule has 1 unspecified atom stereocenters. The summed E-state index contributed by atoms with van der Waals surface area (Å²) in [7, 11) is 1.99. The van der Waals surface area contributed by atoms with Crippen molar-refractivity contribution in [2.45, 2.75) is 19.4 Å². The van der Waals surface area contributed by atoms with Crippen LogP contribution in [0.15, 0.2) is 60.7 Å². The van der Waals surface area contributed by atoms with Crippen LogP contribution in [0.5, 0.6) is 0 Å². The third kappa shape index (κ3) is 6.30. The quantitative estimate of drug-likeness (QED) is 0.777. The van der Waals surface area contributed by atoms with E-state index in [1.54, 1.807) is 0 Å².